The Morgan fingerprint density at radius 3 is 2.52 bits per heavy atom. The van der Waals surface area contributed by atoms with E-state index < -0.39 is 0 Å². The predicted molar refractivity (Wildman–Crippen MR) is 83.2 cm³/mol. The molecule has 3 aromatic rings. The lowest BCUT2D eigenvalue weighted by Gasteiger charge is -2.12. The highest BCUT2D eigenvalue weighted by Crippen LogP contribution is 2.34. The van der Waals surface area contributed by atoms with Crippen LogP contribution in [0.3, 0.4) is 0 Å². The molecule has 3 rings (SSSR count). The van der Waals surface area contributed by atoms with Crippen LogP contribution in [0.25, 0.3) is 22.2 Å². The van der Waals surface area contributed by atoms with Crippen molar-refractivity contribution in [1.82, 2.24) is 4.98 Å². The topological polar surface area (TPSA) is 45.9 Å². The number of rotatable bonds is 2. The van der Waals surface area contributed by atoms with Crippen molar-refractivity contribution >= 4 is 10.9 Å². The van der Waals surface area contributed by atoms with Crippen LogP contribution in [-0.4, -0.2) is 12.1 Å². The molecule has 0 aliphatic carbocycles. The fraction of sp³-hybridized carbons (Fsp3) is 0.111. The number of hydrogen-bond acceptors (Lipinski definition) is 3. The highest BCUT2D eigenvalue weighted by molar-refractivity contribution is 5.89. The van der Waals surface area contributed by atoms with Crippen molar-refractivity contribution in [3.63, 3.8) is 0 Å². The van der Waals surface area contributed by atoms with Gasteiger partial charge in [-0.25, -0.2) is 4.98 Å². The lowest BCUT2D eigenvalue weighted by atomic mass is 9.98. The van der Waals surface area contributed by atoms with Crippen LogP contribution in [0.4, 0.5) is 0 Å². The standard InChI is InChI=1S/C18H14N2O/c1-12-13-7-3-5-9-16(13)20-18(15(12)11-19)14-8-4-6-10-17(14)21-2/h3-10H,1-2H3. The van der Waals surface area contributed by atoms with E-state index in [2.05, 4.69) is 11.1 Å². The van der Waals surface area contributed by atoms with E-state index in [0.29, 0.717) is 11.3 Å². The Balaban J connectivity index is 2.40. The Bertz CT molecular complexity index is 863. The molecular formula is C18H14N2O. The number of nitrogens with zero attached hydrogens (tertiary/aromatic N) is 2. The van der Waals surface area contributed by atoms with Gasteiger partial charge < -0.3 is 4.74 Å². The van der Waals surface area contributed by atoms with Crippen molar-refractivity contribution in [3.8, 4) is 23.1 Å². The second kappa shape index (κ2) is 5.26. The molecule has 3 nitrogen and oxygen atoms in total. The highest BCUT2D eigenvalue weighted by Gasteiger charge is 2.16. The SMILES string of the molecule is COc1ccccc1-c1nc2ccccc2c(C)c1C#N. The van der Waals surface area contributed by atoms with E-state index >= 15 is 0 Å². The van der Waals surface area contributed by atoms with Crippen molar-refractivity contribution < 1.29 is 4.74 Å². The molecule has 1 aromatic heterocycles. The van der Waals surface area contributed by atoms with Gasteiger partial charge in [-0.05, 0) is 30.7 Å². The van der Waals surface area contributed by atoms with Crippen LogP contribution in [0.1, 0.15) is 11.1 Å². The molecule has 0 fully saturated rings. The van der Waals surface area contributed by atoms with Crippen LogP contribution in [0.5, 0.6) is 5.75 Å². The van der Waals surface area contributed by atoms with Crippen LogP contribution >= 0.6 is 0 Å². The molecule has 0 amide bonds. The third-order valence-corrected chi connectivity index (χ3v) is 3.63. The van der Waals surface area contributed by atoms with Crippen molar-refractivity contribution in [3.05, 3.63) is 59.7 Å². The number of ether oxygens (including phenoxy) is 1. The average Bonchev–Trinajstić information content (AvgIpc) is 2.54. The Morgan fingerprint density at radius 1 is 1.05 bits per heavy atom. The van der Waals surface area contributed by atoms with E-state index in [9.17, 15) is 5.26 Å². The zero-order valence-electron chi connectivity index (χ0n) is 11.9. The molecular weight excluding hydrogens is 260 g/mol. The number of pyridine rings is 1. The van der Waals surface area contributed by atoms with Gasteiger partial charge in [0.15, 0.2) is 0 Å². The fourth-order valence-corrected chi connectivity index (χ4v) is 2.55. The lowest BCUT2D eigenvalue weighted by molar-refractivity contribution is 0.416. The molecule has 0 bridgehead atoms. The molecule has 102 valence electrons. The van der Waals surface area contributed by atoms with Gasteiger partial charge in [0.2, 0.25) is 0 Å². The minimum Gasteiger partial charge on any atom is -0.496 e. The summed E-state index contributed by atoms with van der Waals surface area (Å²) in [5.74, 6) is 0.719. The number of fused-ring (bicyclic) bond motifs is 1. The van der Waals surface area contributed by atoms with Crippen LogP contribution < -0.4 is 4.74 Å². The molecule has 0 radical (unpaired) electrons. The second-order valence-corrected chi connectivity index (χ2v) is 4.79. The minimum atomic E-state index is 0.596. The first-order valence-corrected chi connectivity index (χ1v) is 6.69. The second-order valence-electron chi connectivity index (χ2n) is 4.79. The molecule has 1 heterocycles. The fourth-order valence-electron chi connectivity index (χ4n) is 2.55. The van der Waals surface area contributed by atoms with Crippen molar-refractivity contribution in [2.75, 3.05) is 7.11 Å². The first-order valence-electron chi connectivity index (χ1n) is 6.69. The zero-order valence-corrected chi connectivity index (χ0v) is 11.9. The van der Waals surface area contributed by atoms with Gasteiger partial charge in [-0.3, -0.25) is 0 Å². The van der Waals surface area contributed by atoms with E-state index in [1.54, 1.807) is 7.11 Å². The molecule has 0 saturated carbocycles. The van der Waals surface area contributed by atoms with Crippen LogP contribution in [0.2, 0.25) is 0 Å². The van der Waals surface area contributed by atoms with Crippen LogP contribution in [-0.2, 0) is 0 Å². The Kier molecular flexibility index (Phi) is 3.29. The summed E-state index contributed by atoms with van der Waals surface area (Å²) >= 11 is 0. The van der Waals surface area contributed by atoms with Gasteiger partial charge in [0.05, 0.1) is 23.9 Å². The summed E-state index contributed by atoms with van der Waals surface area (Å²) in [6.45, 7) is 1.96. The quantitative estimate of drug-likeness (QED) is 0.707. The average molecular weight is 274 g/mol. The van der Waals surface area contributed by atoms with Crippen molar-refractivity contribution in [2.45, 2.75) is 6.92 Å². The van der Waals surface area contributed by atoms with Crippen molar-refractivity contribution in [2.24, 2.45) is 0 Å². The molecule has 2 aromatic carbocycles. The summed E-state index contributed by atoms with van der Waals surface area (Å²) in [7, 11) is 1.62. The molecule has 0 N–H and O–H groups in total. The number of aromatic nitrogens is 1. The first kappa shape index (κ1) is 13.1. The maximum Gasteiger partial charge on any atom is 0.128 e. The Labute approximate surface area is 123 Å². The molecule has 0 aliphatic heterocycles. The molecule has 0 unspecified atom stereocenters. The Hall–Kier alpha value is -2.86. The van der Waals surface area contributed by atoms with Crippen molar-refractivity contribution in [1.29, 1.82) is 5.26 Å². The van der Waals surface area contributed by atoms with Gasteiger partial charge in [0.1, 0.15) is 11.8 Å². The number of benzene rings is 2. The smallest absolute Gasteiger partial charge is 0.128 e. The summed E-state index contributed by atoms with van der Waals surface area (Å²) in [5, 5.41) is 10.6. The van der Waals surface area contributed by atoms with Crippen LogP contribution in [0.15, 0.2) is 48.5 Å². The lowest BCUT2D eigenvalue weighted by Crippen LogP contribution is -1.97. The summed E-state index contributed by atoms with van der Waals surface area (Å²) < 4.78 is 5.40. The number of nitriles is 1. The summed E-state index contributed by atoms with van der Waals surface area (Å²) in [6, 6.07) is 17.8. The summed E-state index contributed by atoms with van der Waals surface area (Å²) in [5.41, 5.74) is 3.94. The maximum atomic E-state index is 9.55. The number of hydrogen-bond donors (Lipinski definition) is 0. The van der Waals surface area contributed by atoms with Gasteiger partial charge in [-0.1, -0.05) is 30.3 Å². The van der Waals surface area contributed by atoms with Gasteiger partial charge >= 0.3 is 0 Å². The monoisotopic (exact) mass is 274 g/mol. The van der Waals surface area contributed by atoms with E-state index in [4.69, 9.17) is 4.74 Å². The number of methoxy groups -OCH3 is 1. The maximum absolute atomic E-state index is 9.55. The van der Waals surface area contributed by atoms with Gasteiger partial charge in [0.25, 0.3) is 0 Å². The summed E-state index contributed by atoms with van der Waals surface area (Å²) in [6.07, 6.45) is 0. The number of aryl methyl sites for hydroxylation is 1. The molecule has 0 aliphatic rings. The van der Waals surface area contributed by atoms with E-state index in [-0.39, 0.29) is 0 Å². The molecule has 0 atom stereocenters. The van der Waals surface area contributed by atoms with Gasteiger partial charge in [-0.2, -0.15) is 5.26 Å². The van der Waals surface area contributed by atoms with E-state index in [0.717, 1.165) is 27.8 Å². The van der Waals surface area contributed by atoms with Gasteiger partial charge in [-0.15, -0.1) is 0 Å². The predicted octanol–water partition coefficient (Wildman–Crippen LogP) is 4.09. The third kappa shape index (κ3) is 2.11. The molecule has 3 heteroatoms. The van der Waals surface area contributed by atoms with E-state index in [1.807, 2.05) is 55.5 Å². The highest BCUT2D eigenvalue weighted by atomic mass is 16.5. The molecule has 21 heavy (non-hydrogen) atoms. The molecule has 0 saturated heterocycles. The number of para-hydroxylation sites is 2. The van der Waals surface area contributed by atoms with Gasteiger partial charge in [0, 0.05) is 10.9 Å². The zero-order chi connectivity index (χ0) is 14.8. The Morgan fingerprint density at radius 2 is 1.76 bits per heavy atom. The molecule has 0 spiro atoms. The first-order chi connectivity index (χ1) is 10.3. The van der Waals surface area contributed by atoms with Crippen LogP contribution in [0, 0.1) is 18.3 Å². The normalized spacial score (nSPS) is 10.3. The third-order valence-electron chi connectivity index (χ3n) is 3.63. The minimum absolute atomic E-state index is 0.596. The van der Waals surface area contributed by atoms with E-state index in [1.165, 1.54) is 0 Å². The largest absolute Gasteiger partial charge is 0.496 e. The summed E-state index contributed by atoms with van der Waals surface area (Å²) in [4.78, 5) is 4.68.